The smallest absolute Gasteiger partial charge is 0.242 e. The van der Waals surface area contributed by atoms with Gasteiger partial charge in [0.1, 0.15) is 11.6 Å². The molecule has 0 unspecified atom stereocenters. The van der Waals surface area contributed by atoms with Crippen LogP contribution in [0.3, 0.4) is 0 Å². The van der Waals surface area contributed by atoms with E-state index in [2.05, 4.69) is 5.32 Å². The van der Waals surface area contributed by atoms with Crippen LogP contribution >= 0.6 is 0 Å². The van der Waals surface area contributed by atoms with Crippen molar-refractivity contribution in [1.82, 2.24) is 5.32 Å². The van der Waals surface area contributed by atoms with Crippen molar-refractivity contribution < 1.29 is 17.2 Å². The Balaban J connectivity index is 2.13. The molecule has 0 aromatic heterocycles. The number of rotatable bonds is 5. The maximum atomic E-state index is 13.8. The monoisotopic (exact) mass is 380 g/mol. The molecule has 0 bridgehead atoms. The first kappa shape index (κ1) is 18.8. The van der Waals surface area contributed by atoms with Gasteiger partial charge in [0, 0.05) is 0 Å². The van der Waals surface area contributed by atoms with Crippen molar-refractivity contribution in [2.45, 2.75) is 31.4 Å². The third-order valence-corrected chi connectivity index (χ3v) is 6.86. The molecule has 2 aromatic rings. The highest BCUT2D eigenvalue weighted by Gasteiger charge is 2.39. The maximum absolute atomic E-state index is 13.8. The van der Waals surface area contributed by atoms with E-state index in [0.29, 0.717) is 41.9 Å². The zero-order chi connectivity index (χ0) is 18.9. The van der Waals surface area contributed by atoms with Crippen molar-refractivity contribution in [3.63, 3.8) is 0 Å². The third kappa shape index (κ3) is 3.46. The molecule has 0 amide bonds. The number of aryl methyl sites for hydroxylation is 1. The molecule has 1 atom stereocenters. The first-order valence-electron chi connectivity index (χ1n) is 8.58. The molecule has 26 heavy (non-hydrogen) atoms. The van der Waals surface area contributed by atoms with Crippen molar-refractivity contribution in [3.8, 4) is 0 Å². The maximum Gasteiger partial charge on any atom is 0.242 e. The summed E-state index contributed by atoms with van der Waals surface area (Å²) < 4.78 is 55.1. The van der Waals surface area contributed by atoms with Crippen LogP contribution < -0.4 is 9.62 Å². The van der Waals surface area contributed by atoms with Gasteiger partial charge in [0.25, 0.3) is 0 Å². The first-order valence-corrected chi connectivity index (χ1v) is 10.1. The van der Waals surface area contributed by atoms with Crippen molar-refractivity contribution in [2.75, 3.05) is 17.9 Å². The summed E-state index contributed by atoms with van der Waals surface area (Å²) in [5.41, 5.74) is 2.00. The molecule has 0 fully saturated rings. The Kier molecular flexibility index (Phi) is 5.29. The summed E-state index contributed by atoms with van der Waals surface area (Å²) in [6.07, 6.45) is 1.44. The van der Waals surface area contributed by atoms with E-state index in [-0.39, 0.29) is 6.42 Å². The number of hydrogen-bond donors (Lipinski definition) is 1. The lowest BCUT2D eigenvalue weighted by Gasteiger charge is -2.36. The largest absolute Gasteiger partial charge is 0.320 e. The summed E-state index contributed by atoms with van der Waals surface area (Å²) in [6, 6.07) is 8.13. The molecule has 1 aliphatic heterocycles. The molecule has 0 radical (unpaired) electrons. The first-order chi connectivity index (χ1) is 12.3. The molecule has 0 spiro atoms. The van der Waals surface area contributed by atoms with Gasteiger partial charge in [-0.1, -0.05) is 0 Å². The number of halogens is 2. The average molecular weight is 380 g/mol. The second kappa shape index (κ2) is 7.32. The third-order valence-electron chi connectivity index (χ3n) is 4.71. The van der Waals surface area contributed by atoms with E-state index >= 15 is 0 Å². The van der Waals surface area contributed by atoms with Crippen LogP contribution in [-0.2, 0) is 16.4 Å². The minimum Gasteiger partial charge on any atom is -0.320 e. The molecule has 1 aliphatic rings. The zero-order valence-corrected chi connectivity index (χ0v) is 15.6. The Morgan fingerprint density at radius 2 is 1.77 bits per heavy atom. The van der Waals surface area contributed by atoms with Crippen LogP contribution in [0.4, 0.5) is 20.2 Å². The highest BCUT2D eigenvalue weighted by Crippen LogP contribution is 2.41. The predicted octanol–water partition coefficient (Wildman–Crippen LogP) is 3.67. The molecule has 1 N–H and O–H groups in total. The summed E-state index contributed by atoms with van der Waals surface area (Å²) in [4.78, 5) is 0. The van der Waals surface area contributed by atoms with Gasteiger partial charge >= 0.3 is 0 Å². The van der Waals surface area contributed by atoms with Gasteiger partial charge in [-0.25, -0.2) is 21.5 Å². The quantitative estimate of drug-likeness (QED) is 0.806. The number of hydrogen-bond acceptors (Lipinski definition) is 3. The lowest BCUT2D eigenvalue weighted by Crippen LogP contribution is -2.42. The topological polar surface area (TPSA) is 49.4 Å². The second-order valence-electron chi connectivity index (χ2n) is 6.59. The van der Waals surface area contributed by atoms with Gasteiger partial charge in [0.15, 0.2) is 0 Å². The van der Waals surface area contributed by atoms with Crippen molar-refractivity contribution >= 4 is 21.4 Å². The van der Waals surface area contributed by atoms with Gasteiger partial charge in [-0.15, -0.1) is 0 Å². The molecule has 2 aromatic carbocycles. The Labute approximate surface area is 152 Å². The van der Waals surface area contributed by atoms with Crippen LogP contribution in [0, 0.1) is 18.6 Å². The Morgan fingerprint density at radius 1 is 1.12 bits per heavy atom. The van der Waals surface area contributed by atoms with Crippen LogP contribution in [0.2, 0.25) is 0 Å². The van der Waals surface area contributed by atoms with Gasteiger partial charge < -0.3 is 5.32 Å². The van der Waals surface area contributed by atoms with Gasteiger partial charge in [-0.3, -0.25) is 0 Å². The molecule has 0 aliphatic carbocycles. The Morgan fingerprint density at radius 3 is 2.42 bits per heavy atom. The predicted molar refractivity (Wildman–Crippen MR) is 99.2 cm³/mol. The highest BCUT2D eigenvalue weighted by atomic mass is 32.2. The molecule has 1 heterocycles. The fourth-order valence-corrected chi connectivity index (χ4v) is 5.51. The van der Waals surface area contributed by atoms with E-state index in [1.165, 1.54) is 40.7 Å². The second-order valence-corrected chi connectivity index (χ2v) is 8.65. The summed E-state index contributed by atoms with van der Waals surface area (Å²) >= 11 is 0. The standard InChI is InChI=1S/C19H22F2N2O2S/c1-13-10-15(20)5-7-18(13)23-19-8-6-16(21)11-14(19)12-17(26(23,24)25)4-3-9-22-2/h5-8,10-11,17,22H,3-4,9,12H2,1-2H3/t17-/m1/s1. The van der Waals surface area contributed by atoms with Crippen molar-refractivity contribution in [3.05, 3.63) is 59.2 Å². The number of nitrogens with one attached hydrogen (secondary N) is 1. The average Bonchev–Trinajstić information content (AvgIpc) is 2.57. The zero-order valence-electron chi connectivity index (χ0n) is 14.8. The van der Waals surface area contributed by atoms with E-state index in [9.17, 15) is 17.2 Å². The fourth-order valence-electron chi connectivity index (χ4n) is 3.42. The fraction of sp³-hybridized carbons (Fsp3) is 0.368. The minimum atomic E-state index is -3.70. The SMILES string of the molecule is CNCCC[C@@H]1Cc2cc(F)ccc2N(c2ccc(F)cc2C)S1(=O)=O. The summed E-state index contributed by atoms with van der Waals surface area (Å²) in [6.45, 7) is 2.37. The molecular weight excluding hydrogens is 358 g/mol. The van der Waals surface area contributed by atoms with E-state index in [1.54, 1.807) is 6.92 Å². The molecule has 4 nitrogen and oxygen atoms in total. The van der Waals surface area contributed by atoms with Gasteiger partial charge in [-0.05, 0) is 87.3 Å². The summed E-state index contributed by atoms with van der Waals surface area (Å²) in [5.74, 6) is -0.821. The van der Waals surface area contributed by atoms with E-state index in [1.807, 2.05) is 7.05 Å². The summed E-state index contributed by atoms with van der Waals surface area (Å²) in [7, 11) is -1.89. The van der Waals surface area contributed by atoms with Gasteiger partial charge in [0.2, 0.25) is 10.0 Å². The number of benzene rings is 2. The van der Waals surface area contributed by atoms with E-state index < -0.39 is 26.9 Å². The molecule has 3 rings (SSSR count). The van der Waals surface area contributed by atoms with Crippen LogP contribution in [0.25, 0.3) is 0 Å². The molecule has 140 valence electrons. The molecular formula is C19H22F2N2O2S. The molecule has 0 saturated heterocycles. The van der Waals surface area contributed by atoms with Crippen molar-refractivity contribution in [1.29, 1.82) is 0 Å². The van der Waals surface area contributed by atoms with E-state index in [4.69, 9.17) is 0 Å². The number of fused-ring (bicyclic) bond motifs is 1. The lowest BCUT2D eigenvalue weighted by atomic mass is 10.0. The van der Waals surface area contributed by atoms with Crippen LogP contribution in [0.5, 0.6) is 0 Å². The van der Waals surface area contributed by atoms with Crippen LogP contribution in [0.15, 0.2) is 36.4 Å². The summed E-state index contributed by atoms with van der Waals surface area (Å²) in [5, 5.41) is 2.37. The van der Waals surface area contributed by atoms with Gasteiger partial charge in [-0.2, -0.15) is 0 Å². The lowest BCUT2D eigenvalue weighted by molar-refractivity contribution is 0.552. The van der Waals surface area contributed by atoms with Crippen LogP contribution in [-0.4, -0.2) is 27.3 Å². The number of anilines is 2. The Hall–Kier alpha value is -1.99. The van der Waals surface area contributed by atoms with Gasteiger partial charge in [0.05, 0.1) is 16.6 Å². The number of sulfonamides is 1. The normalized spacial score (nSPS) is 18.6. The van der Waals surface area contributed by atoms with Crippen molar-refractivity contribution in [2.24, 2.45) is 0 Å². The Bertz CT molecular complexity index is 916. The minimum absolute atomic E-state index is 0.274. The molecule has 7 heteroatoms. The van der Waals surface area contributed by atoms with Crippen LogP contribution in [0.1, 0.15) is 24.0 Å². The number of nitrogens with zero attached hydrogens (tertiary/aromatic N) is 1. The van der Waals surface area contributed by atoms with E-state index in [0.717, 1.165) is 0 Å². The highest BCUT2D eigenvalue weighted by molar-refractivity contribution is 7.93. The molecule has 0 saturated carbocycles.